The first-order valence-electron chi connectivity index (χ1n) is 5.98. The van der Waals surface area contributed by atoms with E-state index in [0.29, 0.717) is 6.04 Å². The highest BCUT2D eigenvalue weighted by molar-refractivity contribution is 5.23. The SMILES string of the molecule is C/C=C\C(=C/C)C(CCN(C)/C=C/C)NC. The average Bonchev–Trinajstić information content (AvgIpc) is 2.28. The molecule has 0 aliphatic heterocycles. The van der Waals surface area contributed by atoms with Crippen LogP contribution >= 0.6 is 0 Å². The molecule has 2 heteroatoms. The van der Waals surface area contributed by atoms with Gasteiger partial charge in [-0.05, 0) is 46.0 Å². The number of rotatable bonds is 7. The van der Waals surface area contributed by atoms with Crippen LogP contribution in [0.25, 0.3) is 0 Å². The second kappa shape index (κ2) is 9.22. The smallest absolute Gasteiger partial charge is 0.0331 e. The Labute approximate surface area is 101 Å². The number of hydrogen-bond donors (Lipinski definition) is 1. The summed E-state index contributed by atoms with van der Waals surface area (Å²) in [5, 5.41) is 3.37. The van der Waals surface area contributed by atoms with Crippen molar-refractivity contribution in [2.75, 3.05) is 20.6 Å². The maximum absolute atomic E-state index is 3.37. The molecule has 0 saturated carbocycles. The van der Waals surface area contributed by atoms with Gasteiger partial charge in [-0.25, -0.2) is 0 Å². The van der Waals surface area contributed by atoms with E-state index in [9.17, 15) is 0 Å². The van der Waals surface area contributed by atoms with Crippen LogP contribution in [0.3, 0.4) is 0 Å². The summed E-state index contributed by atoms with van der Waals surface area (Å²) < 4.78 is 0. The first-order chi connectivity index (χ1) is 7.69. The van der Waals surface area contributed by atoms with Crippen molar-refractivity contribution >= 4 is 0 Å². The van der Waals surface area contributed by atoms with Crippen molar-refractivity contribution in [3.8, 4) is 0 Å². The fraction of sp³-hybridized carbons (Fsp3) is 0.571. The third-order valence-corrected chi connectivity index (χ3v) is 2.62. The summed E-state index contributed by atoms with van der Waals surface area (Å²) >= 11 is 0. The molecule has 0 heterocycles. The Kier molecular flexibility index (Phi) is 8.64. The molecule has 0 aliphatic carbocycles. The molecule has 0 rings (SSSR count). The van der Waals surface area contributed by atoms with Gasteiger partial charge in [0.2, 0.25) is 0 Å². The van der Waals surface area contributed by atoms with E-state index >= 15 is 0 Å². The van der Waals surface area contributed by atoms with Gasteiger partial charge in [0.05, 0.1) is 0 Å². The molecule has 1 N–H and O–H groups in total. The largest absolute Gasteiger partial charge is 0.381 e. The molecule has 16 heavy (non-hydrogen) atoms. The molecule has 0 radical (unpaired) electrons. The van der Waals surface area contributed by atoms with Crippen LogP contribution < -0.4 is 5.32 Å². The van der Waals surface area contributed by atoms with Crippen LogP contribution in [-0.4, -0.2) is 31.6 Å². The van der Waals surface area contributed by atoms with E-state index in [2.05, 4.69) is 61.6 Å². The number of hydrogen-bond acceptors (Lipinski definition) is 2. The molecule has 0 aromatic rings. The minimum absolute atomic E-state index is 0.439. The van der Waals surface area contributed by atoms with E-state index in [4.69, 9.17) is 0 Å². The molecule has 2 nitrogen and oxygen atoms in total. The van der Waals surface area contributed by atoms with Crippen molar-refractivity contribution in [1.82, 2.24) is 10.2 Å². The van der Waals surface area contributed by atoms with Crippen LogP contribution in [0.2, 0.25) is 0 Å². The molecule has 0 fully saturated rings. The van der Waals surface area contributed by atoms with Gasteiger partial charge < -0.3 is 10.2 Å². The lowest BCUT2D eigenvalue weighted by Gasteiger charge is -2.21. The lowest BCUT2D eigenvalue weighted by molar-refractivity contribution is 0.415. The van der Waals surface area contributed by atoms with Gasteiger partial charge in [-0.15, -0.1) is 0 Å². The van der Waals surface area contributed by atoms with Crippen LogP contribution in [0, 0.1) is 0 Å². The normalized spacial score (nSPS) is 14.9. The van der Waals surface area contributed by atoms with E-state index in [0.717, 1.165) is 13.0 Å². The van der Waals surface area contributed by atoms with E-state index in [-0.39, 0.29) is 0 Å². The topological polar surface area (TPSA) is 15.3 Å². The molecule has 0 saturated heterocycles. The van der Waals surface area contributed by atoms with E-state index in [1.807, 2.05) is 14.0 Å². The molecule has 0 aromatic carbocycles. The Morgan fingerprint density at radius 3 is 2.38 bits per heavy atom. The van der Waals surface area contributed by atoms with E-state index < -0.39 is 0 Å². The molecule has 0 bridgehead atoms. The summed E-state index contributed by atoms with van der Waals surface area (Å²) in [6.07, 6.45) is 11.7. The van der Waals surface area contributed by atoms with Gasteiger partial charge in [0.25, 0.3) is 0 Å². The van der Waals surface area contributed by atoms with Crippen molar-refractivity contribution in [2.45, 2.75) is 33.2 Å². The van der Waals surface area contributed by atoms with Gasteiger partial charge in [0.1, 0.15) is 0 Å². The summed E-state index contributed by atoms with van der Waals surface area (Å²) in [7, 11) is 4.13. The molecule has 0 amide bonds. The fourth-order valence-corrected chi connectivity index (χ4v) is 1.75. The molecular weight excluding hydrogens is 196 g/mol. The van der Waals surface area contributed by atoms with Crippen LogP contribution in [0.5, 0.6) is 0 Å². The highest BCUT2D eigenvalue weighted by atomic mass is 15.1. The zero-order chi connectivity index (χ0) is 12.4. The van der Waals surface area contributed by atoms with Gasteiger partial charge >= 0.3 is 0 Å². The standard InChI is InChI=1S/C14H26N2/c1-6-9-13(8-3)14(15-4)10-12-16(5)11-7-2/h6-9,11,14-15H,10,12H2,1-5H3/b9-6-,11-7+,13-8+. The highest BCUT2D eigenvalue weighted by Gasteiger charge is 2.09. The third-order valence-electron chi connectivity index (χ3n) is 2.62. The zero-order valence-electron chi connectivity index (χ0n) is 11.3. The maximum Gasteiger partial charge on any atom is 0.0331 e. The highest BCUT2D eigenvalue weighted by Crippen LogP contribution is 2.09. The van der Waals surface area contributed by atoms with Gasteiger partial charge in [-0.2, -0.15) is 0 Å². The Morgan fingerprint density at radius 2 is 1.94 bits per heavy atom. The molecule has 0 aliphatic rings. The predicted octanol–water partition coefficient (Wildman–Crippen LogP) is 2.95. The number of allylic oxidation sites excluding steroid dienone is 3. The minimum Gasteiger partial charge on any atom is -0.381 e. The minimum atomic E-state index is 0.439. The molecule has 0 aromatic heterocycles. The maximum atomic E-state index is 3.37. The predicted molar refractivity (Wildman–Crippen MR) is 73.5 cm³/mol. The Balaban J connectivity index is 4.29. The Bertz CT molecular complexity index is 251. The van der Waals surface area contributed by atoms with Crippen LogP contribution in [0.4, 0.5) is 0 Å². The molecule has 0 spiro atoms. The summed E-state index contributed by atoms with van der Waals surface area (Å²) in [6.45, 7) is 7.26. The van der Waals surface area contributed by atoms with Crippen LogP contribution in [0.15, 0.2) is 36.1 Å². The second-order valence-electron chi connectivity index (χ2n) is 3.88. The zero-order valence-corrected chi connectivity index (χ0v) is 11.3. The monoisotopic (exact) mass is 222 g/mol. The van der Waals surface area contributed by atoms with Crippen LogP contribution in [-0.2, 0) is 0 Å². The second-order valence-corrected chi connectivity index (χ2v) is 3.88. The summed E-state index contributed by atoms with van der Waals surface area (Å²) in [4.78, 5) is 2.22. The van der Waals surface area contributed by atoms with Gasteiger partial charge in [0.15, 0.2) is 0 Å². The lowest BCUT2D eigenvalue weighted by Crippen LogP contribution is -2.30. The van der Waals surface area contributed by atoms with Crippen molar-refractivity contribution in [3.63, 3.8) is 0 Å². The summed E-state index contributed by atoms with van der Waals surface area (Å²) in [5.41, 5.74) is 1.36. The Hall–Kier alpha value is -1.02. The molecular formula is C14H26N2. The molecule has 1 unspecified atom stereocenters. The van der Waals surface area contributed by atoms with E-state index in [1.165, 1.54) is 5.57 Å². The summed E-state index contributed by atoms with van der Waals surface area (Å²) in [6, 6.07) is 0.439. The number of likely N-dealkylation sites (N-methyl/N-ethyl adjacent to an activating group) is 1. The van der Waals surface area contributed by atoms with Crippen molar-refractivity contribution in [1.29, 1.82) is 0 Å². The quantitative estimate of drug-likeness (QED) is 0.666. The first kappa shape index (κ1) is 15.0. The van der Waals surface area contributed by atoms with Crippen molar-refractivity contribution in [3.05, 3.63) is 36.1 Å². The van der Waals surface area contributed by atoms with Crippen LogP contribution in [0.1, 0.15) is 27.2 Å². The summed E-state index contributed by atoms with van der Waals surface area (Å²) in [5.74, 6) is 0. The van der Waals surface area contributed by atoms with Crippen molar-refractivity contribution in [2.24, 2.45) is 0 Å². The number of nitrogens with zero attached hydrogens (tertiary/aromatic N) is 1. The lowest BCUT2D eigenvalue weighted by atomic mass is 10.0. The third kappa shape index (κ3) is 5.76. The van der Waals surface area contributed by atoms with Gasteiger partial charge in [0, 0.05) is 19.6 Å². The van der Waals surface area contributed by atoms with E-state index in [1.54, 1.807) is 0 Å². The number of nitrogens with one attached hydrogen (secondary N) is 1. The molecule has 92 valence electrons. The van der Waals surface area contributed by atoms with Gasteiger partial charge in [-0.3, -0.25) is 0 Å². The first-order valence-corrected chi connectivity index (χ1v) is 5.98. The fourth-order valence-electron chi connectivity index (χ4n) is 1.75. The van der Waals surface area contributed by atoms with Crippen molar-refractivity contribution < 1.29 is 0 Å². The van der Waals surface area contributed by atoms with Gasteiger partial charge in [-0.1, -0.05) is 24.3 Å². The molecule has 1 atom stereocenters. The Morgan fingerprint density at radius 1 is 1.25 bits per heavy atom. The average molecular weight is 222 g/mol.